The molecule has 7 aromatic rings. The molecule has 0 amide bonds. The number of nitrogens with zero attached hydrogens (tertiary/aromatic N) is 4. The molecule has 8 bridgehead atoms. The van der Waals surface area contributed by atoms with Crippen molar-refractivity contribution in [2.24, 2.45) is 0 Å². The van der Waals surface area contributed by atoms with Crippen molar-refractivity contribution in [2.45, 2.75) is 83.1 Å². The van der Waals surface area contributed by atoms with Crippen LogP contribution in [0.5, 0.6) is 0 Å². The second-order valence-corrected chi connectivity index (χ2v) is 17.5. The quantitative estimate of drug-likeness (QED) is 0.165. The number of fused-ring (bicyclic) bond motifs is 8. The van der Waals surface area contributed by atoms with Gasteiger partial charge in [-0.25, -0.2) is 9.97 Å². The third kappa shape index (κ3) is 7.65. The molecule has 6 heteroatoms. The second-order valence-electron chi connectivity index (χ2n) is 17.5. The molecule has 2 aliphatic heterocycles. The summed E-state index contributed by atoms with van der Waals surface area (Å²) >= 11 is 2.02. The van der Waals surface area contributed by atoms with Crippen LogP contribution in [0, 0.1) is 83.1 Å². The molecule has 62 heavy (non-hydrogen) atoms. The Morgan fingerprint density at radius 2 is 0.516 bits per heavy atom. The maximum atomic E-state index is 5.59. The fourth-order valence-electron chi connectivity index (χ4n) is 10.4. The van der Waals surface area contributed by atoms with Crippen molar-refractivity contribution in [3.05, 3.63) is 162 Å². The van der Waals surface area contributed by atoms with E-state index in [2.05, 4.69) is 190 Å². The number of hydrogen-bond acceptors (Lipinski definition) is 2. The fraction of sp³-hybridized carbons (Fsp3) is 0.214. The zero-order valence-electron chi connectivity index (χ0n) is 37.7. The first-order chi connectivity index (χ1) is 29.7. The Kier molecular flexibility index (Phi) is 11.8. The summed E-state index contributed by atoms with van der Waals surface area (Å²) in [6, 6.07) is 26.9. The van der Waals surface area contributed by atoms with Gasteiger partial charge >= 0.3 is 27.0 Å². The monoisotopic (exact) mass is 918 g/mol. The summed E-state index contributed by atoms with van der Waals surface area (Å²) < 4.78 is 0. The molecule has 0 fully saturated rings. The molecular formula is C56H52ClN4Rh. The summed E-state index contributed by atoms with van der Waals surface area (Å²) in [7, 11) is 4.53. The summed E-state index contributed by atoms with van der Waals surface area (Å²) in [6.07, 6.45) is 8.72. The predicted molar refractivity (Wildman–Crippen MR) is 261 cm³/mol. The molecule has 9 rings (SSSR count). The topological polar surface area (TPSA) is 54.0 Å². The predicted octanol–water partition coefficient (Wildman–Crippen LogP) is 15.0. The van der Waals surface area contributed by atoms with Crippen LogP contribution in [0.3, 0.4) is 0 Å². The van der Waals surface area contributed by atoms with Crippen LogP contribution in [0.25, 0.3) is 90.9 Å². The molecule has 0 unspecified atom stereocenters. The first-order valence-electron chi connectivity index (χ1n) is 21.2. The fourth-order valence-corrected chi connectivity index (χ4v) is 10.4. The molecule has 3 aromatic heterocycles. The van der Waals surface area contributed by atoms with Gasteiger partial charge in [-0.05, 0) is 191 Å². The van der Waals surface area contributed by atoms with Crippen LogP contribution in [-0.2, 0) is 17.3 Å². The van der Waals surface area contributed by atoms with Crippen LogP contribution in [0.2, 0.25) is 0 Å². The van der Waals surface area contributed by atoms with Gasteiger partial charge in [0.15, 0.2) is 0 Å². The summed E-state index contributed by atoms with van der Waals surface area (Å²) in [4.78, 5) is 22.4. The minimum absolute atomic E-state index is 0.889. The summed E-state index contributed by atoms with van der Waals surface area (Å²) in [5, 5.41) is 0. The Morgan fingerprint density at radius 3 is 0.790 bits per heavy atom. The molecular weight excluding hydrogens is 867 g/mol. The molecule has 0 N–H and O–H groups in total. The first kappa shape index (κ1) is 43.1. The van der Waals surface area contributed by atoms with Crippen LogP contribution in [-0.4, -0.2) is 9.97 Å². The minimum atomic E-state index is 0.889. The zero-order chi connectivity index (χ0) is 44.3. The molecule has 0 aliphatic carbocycles. The molecule has 0 radical (unpaired) electrons. The van der Waals surface area contributed by atoms with E-state index in [1.165, 1.54) is 66.8 Å². The van der Waals surface area contributed by atoms with Crippen molar-refractivity contribution in [3.8, 4) is 44.5 Å². The molecule has 2 aliphatic rings. The Hall–Kier alpha value is -5.61. The third-order valence-corrected chi connectivity index (χ3v) is 12.3. The van der Waals surface area contributed by atoms with Gasteiger partial charge in [-0.1, -0.05) is 95.1 Å². The number of aryl methyl sites for hydroxylation is 12. The standard InChI is InChI=1S/C56H52N4.ClH.Rh/c1-29-21-33(5)49(34(6)22-29)53-41-13-15-43(57-41)54(50-35(7)23-30(2)24-36(50)8)45-17-19-47(59-45)56(52-39(11)27-32(4)28-40(52)12)48-20-18-46(60-48)55(44-16-14-42(53)58-44)51-37(9)25-31(3)26-38(51)10;;/h13-28H,1-12H3;1H;/q-2;;+3/p-1. The van der Waals surface area contributed by atoms with Crippen LogP contribution in [0.1, 0.15) is 89.5 Å². The van der Waals surface area contributed by atoms with E-state index in [1.807, 2.05) is 17.3 Å². The van der Waals surface area contributed by atoms with Gasteiger partial charge in [0.05, 0.1) is 22.8 Å². The number of hydrogen-bond donors (Lipinski definition) is 0. The van der Waals surface area contributed by atoms with Crippen molar-refractivity contribution in [1.82, 2.24) is 19.9 Å². The molecule has 0 saturated heterocycles. The molecule has 4 nitrogen and oxygen atoms in total. The van der Waals surface area contributed by atoms with E-state index in [1.54, 1.807) is 0 Å². The SMILES string of the molecule is Cc1cc(C)c(-c2c3nc(c(-c4c(C)cc(C)cc4C)c4ccc([n-]4)c(-c4c(C)cc(C)cc4C)c4ccc([n-]4)c(-c4c(C)cc(C)cc4C)c4nc2C=C4)C=C3)c(C)c1.[Cl][Rh+2]. The van der Waals surface area contributed by atoms with Crippen LogP contribution >= 0.6 is 9.69 Å². The molecule has 0 spiro atoms. The van der Waals surface area contributed by atoms with Crippen LogP contribution in [0.15, 0.2) is 72.8 Å². The molecule has 5 heterocycles. The van der Waals surface area contributed by atoms with E-state index in [4.69, 9.17) is 19.9 Å². The second kappa shape index (κ2) is 16.9. The number of aromatic nitrogens is 4. The van der Waals surface area contributed by atoms with E-state index in [-0.39, 0.29) is 0 Å². The van der Waals surface area contributed by atoms with E-state index in [0.29, 0.717) is 0 Å². The van der Waals surface area contributed by atoms with Gasteiger partial charge in [0.2, 0.25) is 0 Å². The average molecular weight is 919 g/mol. The summed E-state index contributed by atoms with van der Waals surface area (Å²) in [5.41, 5.74) is 30.4. The zero-order valence-corrected chi connectivity index (χ0v) is 40.1. The van der Waals surface area contributed by atoms with Gasteiger partial charge in [0.1, 0.15) is 0 Å². The summed E-state index contributed by atoms with van der Waals surface area (Å²) in [6.45, 7) is 26.3. The number of rotatable bonds is 4. The van der Waals surface area contributed by atoms with Crippen molar-refractivity contribution in [3.63, 3.8) is 0 Å². The molecule has 0 saturated carbocycles. The molecule has 312 valence electrons. The first-order valence-corrected chi connectivity index (χ1v) is 23.3. The third-order valence-electron chi connectivity index (χ3n) is 12.3. The van der Waals surface area contributed by atoms with Crippen molar-refractivity contribution in [1.29, 1.82) is 0 Å². The van der Waals surface area contributed by atoms with Crippen molar-refractivity contribution < 1.29 is 17.3 Å². The van der Waals surface area contributed by atoms with Gasteiger partial charge in [-0.15, -0.1) is 22.1 Å². The Labute approximate surface area is 381 Å². The van der Waals surface area contributed by atoms with E-state index in [9.17, 15) is 0 Å². The average Bonchev–Trinajstić information content (AvgIpc) is 4.03. The van der Waals surface area contributed by atoms with Crippen molar-refractivity contribution in [2.75, 3.05) is 0 Å². The Morgan fingerprint density at radius 1 is 0.306 bits per heavy atom. The Bertz CT molecular complexity index is 2980. The van der Waals surface area contributed by atoms with Crippen molar-refractivity contribution >= 4 is 56.1 Å². The normalized spacial score (nSPS) is 11.9. The summed E-state index contributed by atoms with van der Waals surface area (Å²) in [5.74, 6) is 0. The van der Waals surface area contributed by atoms with Gasteiger partial charge in [-0.3, -0.25) is 0 Å². The van der Waals surface area contributed by atoms with E-state index < -0.39 is 0 Å². The van der Waals surface area contributed by atoms with E-state index in [0.717, 1.165) is 89.4 Å². The van der Waals surface area contributed by atoms with Gasteiger partial charge in [0.25, 0.3) is 0 Å². The van der Waals surface area contributed by atoms with Gasteiger partial charge < -0.3 is 9.97 Å². The van der Waals surface area contributed by atoms with Crippen LogP contribution in [0.4, 0.5) is 0 Å². The maximum absolute atomic E-state index is 5.59. The molecule has 4 aromatic carbocycles. The van der Waals surface area contributed by atoms with E-state index >= 15 is 0 Å². The Balaban J connectivity index is 0.00000261. The number of benzene rings is 4. The molecule has 0 atom stereocenters. The van der Waals surface area contributed by atoms with Gasteiger partial charge in [0, 0.05) is 5.56 Å². The van der Waals surface area contributed by atoms with Gasteiger partial charge in [-0.2, -0.15) is 0 Å². The van der Waals surface area contributed by atoms with Crippen LogP contribution < -0.4 is 9.97 Å². The number of halogens is 1.